The molecule has 0 unspecified atom stereocenters. The molecule has 1 aromatic heterocycles. The van der Waals surface area contributed by atoms with Crippen LogP contribution in [0.2, 0.25) is 0 Å². The molecule has 2 aromatic rings. The number of nitrogens with two attached hydrogens (primary N) is 1. The van der Waals surface area contributed by atoms with Gasteiger partial charge in [0.25, 0.3) is 0 Å². The Hall–Kier alpha value is -2.01. The van der Waals surface area contributed by atoms with E-state index in [9.17, 15) is 4.39 Å². The summed E-state index contributed by atoms with van der Waals surface area (Å²) in [6.45, 7) is 0.0717. The standard InChI is InChI=1S/C11H10FN3O/c12-9-3-1-4-10(8(9)7-13)16-11-5-2-6-14-15-11/h1-6H,7,13H2. The minimum Gasteiger partial charge on any atom is -0.437 e. The summed E-state index contributed by atoms with van der Waals surface area (Å²) in [7, 11) is 0. The van der Waals surface area contributed by atoms with E-state index in [1.54, 1.807) is 24.3 Å². The first-order valence-corrected chi connectivity index (χ1v) is 4.74. The van der Waals surface area contributed by atoms with Gasteiger partial charge in [0.05, 0.1) is 0 Å². The molecule has 0 aliphatic rings. The third-order valence-corrected chi connectivity index (χ3v) is 2.04. The molecule has 0 saturated carbocycles. The first-order chi connectivity index (χ1) is 7.81. The smallest absolute Gasteiger partial charge is 0.238 e. The van der Waals surface area contributed by atoms with Crippen LogP contribution in [0, 0.1) is 5.82 Å². The number of hydrogen-bond donors (Lipinski definition) is 1. The molecule has 0 spiro atoms. The highest BCUT2D eigenvalue weighted by Crippen LogP contribution is 2.25. The quantitative estimate of drug-likeness (QED) is 0.855. The third kappa shape index (κ3) is 2.14. The Morgan fingerprint density at radius 3 is 2.81 bits per heavy atom. The molecule has 82 valence electrons. The van der Waals surface area contributed by atoms with Crippen molar-refractivity contribution >= 4 is 0 Å². The first-order valence-electron chi connectivity index (χ1n) is 4.74. The zero-order chi connectivity index (χ0) is 11.4. The Labute approximate surface area is 91.9 Å². The normalized spacial score (nSPS) is 10.1. The molecule has 16 heavy (non-hydrogen) atoms. The van der Waals surface area contributed by atoms with Crippen molar-refractivity contribution in [2.45, 2.75) is 6.54 Å². The number of aromatic nitrogens is 2. The lowest BCUT2D eigenvalue weighted by molar-refractivity contribution is 0.443. The van der Waals surface area contributed by atoms with E-state index in [-0.39, 0.29) is 12.4 Å². The summed E-state index contributed by atoms with van der Waals surface area (Å²) < 4.78 is 18.7. The second kappa shape index (κ2) is 4.67. The Morgan fingerprint density at radius 1 is 1.25 bits per heavy atom. The number of halogens is 1. The molecule has 1 heterocycles. The van der Waals surface area contributed by atoms with Crippen molar-refractivity contribution in [3.8, 4) is 11.6 Å². The fourth-order valence-corrected chi connectivity index (χ4v) is 1.29. The van der Waals surface area contributed by atoms with E-state index >= 15 is 0 Å². The van der Waals surface area contributed by atoms with E-state index in [0.29, 0.717) is 17.2 Å². The molecule has 0 atom stereocenters. The summed E-state index contributed by atoms with van der Waals surface area (Å²) in [6.07, 6.45) is 1.53. The molecular formula is C11H10FN3O. The lowest BCUT2D eigenvalue weighted by Gasteiger charge is -2.08. The van der Waals surface area contributed by atoms with Gasteiger partial charge in [-0.25, -0.2) is 4.39 Å². The molecule has 1 aromatic carbocycles. The second-order valence-corrected chi connectivity index (χ2v) is 3.08. The van der Waals surface area contributed by atoms with Crippen LogP contribution in [0.3, 0.4) is 0 Å². The lowest BCUT2D eigenvalue weighted by atomic mass is 10.2. The maximum absolute atomic E-state index is 13.4. The molecule has 0 bridgehead atoms. The summed E-state index contributed by atoms with van der Waals surface area (Å²) in [5, 5.41) is 7.40. The zero-order valence-electron chi connectivity index (χ0n) is 8.43. The van der Waals surface area contributed by atoms with E-state index in [4.69, 9.17) is 10.5 Å². The van der Waals surface area contributed by atoms with Crippen LogP contribution in [0.4, 0.5) is 4.39 Å². The average molecular weight is 219 g/mol. The van der Waals surface area contributed by atoms with E-state index in [1.807, 2.05) is 0 Å². The van der Waals surface area contributed by atoms with Crippen molar-refractivity contribution in [2.75, 3.05) is 0 Å². The predicted octanol–water partition coefficient (Wildman–Crippen LogP) is 1.87. The number of hydrogen-bond acceptors (Lipinski definition) is 4. The fourth-order valence-electron chi connectivity index (χ4n) is 1.29. The van der Waals surface area contributed by atoms with Crippen LogP contribution >= 0.6 is 0 Å². The molecular weight excluding hydrogens is 209 g/mol. The Kier molecular flexibility index (Phi) is 3.07. The molecule has 0 fully saturated rings. The van der Waals surface area contributed by atoms with Gasteiger partial charge in [-0.15, -0.1) is 5.10 Å². The summed E-state index contributed by atoms with van der Waals surface area (Å²) in [5.74, 6) is 0.287. The SMILES string of the molecule is NCc1c(F)cccc1Oc1cccnn1. The van der Waals surface area contributed by atoms with Crippen LogP contribution in [0.15, 0.2) is 36.5 Å². The monoisotopic (exact) mass is 219 g/mol. The molecule has 0 aliphatic heterocycles. The Morgan fingerprint density at radius 2 is 2.12 bits per heavy atom. The van der Waals surface area contributed by atoms with Gasteiger partial charge in [-0.1, -0.05) is 6.07 Å². The minimum absolute atomic E-state index is 0.0717. The summed E-state index contributed by atoms with van der Waals surface area (Å²) in [5.41, 5.74) is 5.78. The van der Waals surface area contributed by atoms with E-state index in [1.165, 1.54) is 12.3 Å². The number of nitrogens with zero attached hydrogens (tertiary/aromatic N) is 2. The summed E-state index contributed by atoms with van der Waals surface area (Å²) >= 11 is 0. The zero-order valence-corrected chi connectivity index (χ0v) is 8.43. The molecule has 4 nitrogen and oxygen atoms in total. The van der Waals surface area contributed by atoms with Crippen LogP contribution in [0.1, 0.15) is 5.56 Å². The lowest BCUT2D eigenvalue weighted by Crippen LogP contribution is -2.03. The first kappa shape index (κ1) is 10.5. The van der Waals surface area contributed by atoms with Crippen LogP contribution in [0.25, 0.3) is 0 Å². The molecule has 0 amide bonds. The van der Waals surface area contributed by atoms with Crippen LogP contribution < -0.4 is 10.5 Å². The van der Waals surface area contributed by atoms with E-state index < -0.39 is 0 Å². The number of ether oxygens (including phenoxy) is 1. The second-order valence-electron chi connectivity index (χ2n) is 3.08. The van der Waals surface area contributed by atoms with Gasteiger partial charge in [-0.2, -0.15) is 5.10 Å². The van der Waals surface area contributed by atoms with Crippen molar-refractivity contribution in [1.29, 1.82) is 0 Å². The highest BCUT2D eigenvalue weighted by Gasteiger charge is 2.08. The summed E-state index contributed by atoms with van der Waals surface area (Å²) in [4.78, 5) is 0. The van der Waals surface area contributed by atoms with Crippen LogP contribution in [-0.2, 0) is 6.54 Å². The third-order valence-electron chi connectivity index (χ3n) is 2.04. The fraction of sp³-hybridized carbons (Fsp3) is 0.0909. The maximum Gasteiger partial charge on any atom is 0.238 e. The van der Waals surface area contributed by atoms with Gasteiger partial charge < -0.3 is 10.5 Å². The molecule has 5 heteroatoms. The van der Waals surface area contributed by atoms with Gasteiger partial charge >= 0.3 is 0 Å². The van der Waals surface area contributed by atoms with Crippen molar-refractivity contribution in [1.82, 2.24) is 10.2 Å². The average Bonchev–Trinajstić information content (AvgIpc) is 2.31. The topological polar surface area (TPSA) is 61.0 Å². The molecule has 2 rings (SSSR count). The summed E-state index contributed by atoms with van der Waals surface area (Å²) in [6, 6.07) is 7.85. The van der Waals surface area contributed by atoms with Gasteiger partial charge in [0.2, 0.25) is 5.88 Å². The van der Waals surface area contributed by atoms with Gasteiger partial charge in [0.15, 0.2) is 0 Å². The molecule has 0 aliphatic carbocycles. The molecule has 0 radical (unpaired) electrons. The Bertz CT molecular complexity index is 476. The largest absolute Gasteiger partial charge is 0.437 e. The van der Waals surface area contributed by atoms with Crippen molar-refractivity contribution < 1.29 is 9.13 Å². The maximum atomic E-state index is 13.4. The van der Waals surface area contributed by atoms with Gasteiger partial charge in [0.1, 0.15) is 11.6 Å². The van der Waals surface area contributed by atoms with Crippen molar-refractivity contribution in [3.63, 3.8) is 0 Å². The van der Waals surface area contributed by atoms with Crippen LogP contribution in [-0.4, -0.2) is 10.2 Å². The van der Waals surface area contributed by atoms with Crippen LogP contribution in [0.5, 0.6) is 11.6 Å². The highest BCUT2D eigenvalue weighted by molar-refractivity contribution is 5.36. The number of benzene rings is 1. The van der Waals surface area contributed by atoms with Gasteiger partial charge in [0, 0.05) is 24.4 Å². The van der Waals surface area contributed by atoms with Crippen molar-refractivity contribution in [2.24, 2.45) is 5.73 Å². The minimum atomic E-state index is -0.385. The predicted molar refractivity (Wildman–Crippen MR) is 56.4 cm³/mol. The number of rotatable bonds is 3. The van der Waals surface area contributed by atoms with Gasteiger partial charge in [-0.05, 0) is 18.2 Å². The Balaban J connectivity index is 2.31. The molecule has 0 saturated heterocycles. The van der Waals surface area contributed by atoms with E-state index in [0.717, 1.165) is 0 Å². The van der Waals surface area contributed by atoms with Gasteiger partial charge in [-0.3, -0.25) is 0 Å². The van der Waals surface area contributed by atoms with Crippen molar-refractivity contribution in [3.05, 3.63) is 47.9 Å². The highest BCUT2D eigenvalue weighted by atomic mass is 19.1. The molecule has 2 N–H and O–H groups in total. The van der Waals surface area contributed by atoms with E-state index in [2.05, 4.69) is 10.2 Å².